The molecule has 1 rings (SSSR count). The zero-order valence-corrected chi connectivity index (χ0v) is 7.23. The number of aromatic hydroxyl groups is 1. The molecule has 0 fully saturated rings. The lowest BCUT2D eigenvalue weighted by atomic mass is 10.2. The summed E-state index contributed by atoms with van der Waals surface area (Å²) in [4.78, 5) is 10.1. The van der Waals surface area contributed by atoms with Gasteiger partial charge in [-0.1, -0.05) is 0 Å². The summed E-state index contributed by atoms with van der Waals surface area (Å²) < 4.78 is 25.4. The molecule has 64 valence electrons. The summed E-state index contributed by atoms with van der Waals surface area (Å²) in [6.07, 6.45) is 0.00907. The van der Waals surface area contributed by atoms with Crippen LogP contribution in [0.5, 0.6) is 5.75 Å². The van der Waals surface area contributed by atoms with Crippen molar-refractivity contribution in [2.24, 2.45) is 0 Å². The highest BCUT2D eigenvalue weighted by Crippen LogP contribution is 2.27. The molecule has 0 atom stereocenters. The number of hydrogen-bond donors (Lipinski definition) is 1. The van der Waals surface area contributed by atoms with Crippen LogP contribution in [0.1, 0.15) is 10.4 Å². The first-order chi connectivity index (χ1) is 5.57. The van der Waals surface area contributed by atoms with Crippen molar-refractivity contribution in [1.82, 2.24) is 0 Å². The SMILES string of the molecule is O=Cc1c(F)c(O)cc(Br)c1F. The van der Waals surface area contributed by atoms with Crippen molar-refractivity contribution < 1.29 is 18.7 Å². The fraction of sp³-hybridized carbons (Fsp3) is 0. The van der Waals surface area contributed by atoms with Gasteiger partial charge in [-0.25, -0.2) is 8.78 Å². The van der Waals surface area contributed by atoms with E-state index in [2.05, 4.69) is 15.9 Å². The number of halogens is 3. The van der Waals surface area contributed by atoms with Gasteiger partial charge in [-0.2, -0.15) is 0 Å². The van der Waals surface area contributed by atoms with Crippen molar-refractivity contribution in [2.45, 2.75) is 0 Å². The Kier molecular flexibility index (Phi) is 2.42. The van der Waals surface area contributed by atoms with Gasteiger partial charge < -0.3 is 5.11 Å². The third-order valence-electron chi connectivity index (χ3n) is 1.29. The zero-order chi connectivity index (χ0) is 9.30. The van der Waals surface area contributed by atoms with Crippen molar-refractivity contribution in [3.8, 4) is 5.75 Å². The molecule has 0 radical (unpaired) electrons. The molecule has 12 heavy (non-hydrogen) atoms. The summed E-state index contributed by atoms with van der Waals surface area (Å²) in [6.45, 7) is 0. The predicted molar refractivity (Wildman–Crippen MR) is 41.1 cm³/mol. The van der Waals surface area contributed by atoms with Crippen molar-refractivity contribution in [3.63, 3.8) is 0 Å². The molecule has 0 heterocycles. The average molecular weight is 237 g/mol. The summed E-state index contributed by atoms with van der Waals surface area (Å²) in [7, 11) is 0. The summed E-state index contributed by atoms with van der Waals surface area (Å²) >= 11 is 2.71. The van der Waals surface area contributed by atoms with Gasteiger partial charge in [0.05, 0.1) is 10.0 Å². The minimum atomic E-state index is -1.24. The standard InChI is InChI=1S/C7H3BrF2O2/c8-4-1-5(12)7(10)3(2-11)6(4)9/h1-2,12H. The second-order valence-electron chi connectivity index (χ2n) is 2.04. The second-order valence-corrected chi connectivity index (χ2v) is 2.89. The number of phenolic OH excluding ortho intramolecular Hbond substituents is 1. The largest absolute Gasteiger partial charge is 0.505 e. The maximum Gasteiger partial charge on any atom is 0.178 e. The monoisotopic (exact) mass is 236 g/mol. The maximum atomic E-state index is 12.8. The predicted octanol–water partition coefficient (Wildman–Crippen LogP) is 2.25. The molecule has 5 heteroatoms. The molecular formula is C7H3BrF2O2. The molecular weight excluding hydrogens is 234 g/mol. The lowest BCUT2D eigenvalue weighted by molar-refractivity contribution is 0.111. The smallest absolute Gasteiger partial charge is 0.178 e. The molecule has 0 spiro atoms. The molecule has 1 aromatic rings. The van der Waals surface area contributed by atoms with Crippen molar-refractivity contribution >= 4 is 22.2 Å². The van der Waals surface area contributed by atoms with Crippen LogP contribution in [0.4, 0.5) is 8.78 Å². The minimum absolute atomic E-state index is 0.00907. The van der Waals surface area contributed by atoms with Gasteiger partial charge in [0.25, 0.3) is 0 Å². The van der Waals surface area contributed by atoms with E-state index in [1.165, 1.54) is 0 Å². The maximum absolute atomic E-state index is 12.8. The molecule has 0 amide bonds. The van der Waals surface area contributed by atoms with Crippen LogP contribution < -0.4 is 0 Å². The van der Waals surface area contributed by atoms with E-state index in [4.69, 9.17) is 5.11 Å². The van der Waals surface area contributed by atoms with Crippen LogP contribution in [0, 0.1) is 11.6 Å². The first kappa shape index (κ1) is 9.12. The Morgan fingerprint density at radius 1 is 1.42 bits per heavy atom. The highest BCUT2D eigenvalue weighted by Gasteiger charge is 2.15. The van der Waals surface area contributed by atoms with Gasteiger partial charge in [-0.05, 0) is 15.9 Å². The van der Waals surface area contributed by atoms with E-state index in [9.17, 15) is 13.6 Å². The van der Waals surface area contributed by atoms with Gasteiger partial charge in [-0.15, -0.1) is 0 Å². The van der Waals surface area contributed by atoms with Crippen LogP contribution in [0.25, 0.3) is 0 Å². The zero-order valence-electron chi connectivity index (χ0n) is 5.64. The average Bonchev–Trinajstić information content (AvgIpc) is 2.02. The molecule has 1 aromatic carbocycles. The summed E-state index contributed by atoms with van der Waals surface area (Å²) in [5, 5.41) is 8.81. The fourth-order valence-corrected chi connectivity index (χ4v) is 1.14. The van der Waals surface area contributed by atoms with E-state index in [0.717, 1.165) is 6.07 Å². The van der Waals surface area contributed by atoms with Crippen molar-refractivity contribution in [2.75, 3.05) is 0 Å². The van der Waals surface area contributed by atoms with Gasteiger partial charge in [0.2, 0.25) is 0 Å². The summed E-state index contributed by atoms with van der Waals surface area (Å²) in [6, 6.07) is 0.845. The number of phenols is 1. The van der Waals surface area contributed by atoms with E-state index in [1.807, 2.05) is 0 Å². The van der Waals surface area contributed by atoms with Gasteiger partial charge in [-0.3, -0.25) is 4.79 Å². The minimum Gasteiger partial charge on any atom is -0.505 e. The molecule has 0 saturated carbocycles. The normalized spacial score (nSPS) is 9.92. The number of rotatable bonds is 1. The van der Waals surface area contributed by atoms with Gasteiger partial charge in [0.15, 0.2) is 23.7 Å². The Bertz CT molecular complexity index is 312. The van der Waals surface area contributed by atoms with E-state index in [0.29, 0.717) is 0 Å². The van der Waals surface area contributed by atoms with Crippen LogP contribution in [0.3, 0.4) is 0 Å². The molecule has 0 aromatic heterocycles. The molecule has 2 nitrogen and oxygen atoms in total. The topological polar surface area (TPSA) is 37.3 Å². The Morgan fingerprint density at radius 3 is 2.50 bits per heavy atom. The Balaban J connectivity index is 3.52. The molecule has 0 bridgehead atoms. The van der Waals surface area contributed by atoms with Crippen LogP contribution in [0.15, 0.2) is 10.5 Å². The lowest BCUT2D eigenvalue weighted by Gasteiger charge is -2.01. The second kappa shape index (κ2) is 3.18. The molecule has 0 saturated heterocycles. The highest BCUT2D eigenvalue weighted by atomic mass is 79.9. The number of aldehydes is 1. The fourth-order valence-electron chi connectivity index (χ4n) is 0.713. The number of carbonyl (C=O) groups is 1. The third-order valence-corrected chi connectivity index (χ3v) is 1.87. The quantitative estimate of drug-likeness (QED) is 0.600. The molecule has 0 aliphatic rings. The molecule has 0 aliphatic heterocycles. The van der Waals surface area contributed by atoms with Crippen LogP contribution >= 0.6 is 15.9 Å². The summed E-state index contributed by atoms with van der Waals surface area (Å²) in [5.41, 5.74) is -0.776. The number of carbonyl (C=O) groups excluding carboxylic acids is 1. The first-order valence-corrected chi connectivity index (χ1v) is 3.69. The number of hydrogen-bond acceptors (Lipinski definition) is 2. The number of benzene rings is 1. The van der Waals surface area contributed by atoms with E-state index in [-0.39, 0.29) is 10.8 Å². The van der Waals surface area contributed by atoms with Crippen molar-refractivity contribution in [1.29, 1.82) is 0 Å². The lowest BCUT2D eigenvalue weighted by Crippen LogP contribution is -1.94. The van der Waals surface area contributed by atoms with E-state index in [1.54, 1.807) is 0 Å². The summed E-state index contributed by atoms with van der Waals surface area (Å²) in [5.74, 6) is -3.02. The van der Waals surface area contributed by atoms with Gasteiger partial charge >= 0.3 is 0 Å². The molecule has 0 unspecified atom stereocenters. The van der Waals surface area contributed by atoms with Gasteiger partial charge in [0.1, 0.15) is 0 Å². The van der Waals surface area contributed by atoms with Crippen molar-refractivity contribution in [3.05, 3.63) is 27.7 Å². The highest BCUT2D eigenvalue weighted by molar-refractivity contribution is 9.10. The van der Waals surface area contributed by atoms with Crippen LogP contribution in [0.2, 0.25) is 0 Å². The first-order valence-electron chi connectivity index (χ1n) is 2.89. The van der Waals surface area contributed by atoms with E-state index < -0.39 is 22.9 Å². The molecule has 1 N–H and O–H groups in total. The Labute approximate surface area is 75.0 Å². The van der Waals surface area contributed by atoms with Crippen LogP contribution in [-0.4, -0.2) is 11.4 Å². The van der Waals surface area contributed by atoms with E-state index >= 15 is 0 Å². The van der Waals surface area contributed by atoms with Crippen LogP contribution in [-0.2, 0) is 0 Å². The molecule has 0 aliphatic carbocycles. The Hall–Kier alpha value is -0.970. The third kappa shape index (κ3) is 1.32. The van der Waals surface area contributed by atoms with Gasteiger partial charge in [0, 0.05) is 6.07 Å². The Morgan fingerprint density at radius 2 is 2.00 bits per heavy atom.